The van der Waals surface area contributed by atoms with Gasteiger partial charge in [-0.05, 0) is 32.2 Å². The van der Waals surface area contributed by atoms with E-state index in [2.05, 4.69) is 5.32 Å². The number of thiophene rings is 1. The van der Waals surface area contributed by atoms with Gasteiger partial charge in [-0.3, -0.25) is 4.79 Å². The molecule has 0 aromatic carbocycles. The van der Waals surface area contributed by atoms with Crippen LogP contribution in [0.15, 0.2) is 17.5 Å². The van der Waals surface area contributed by atoms with E-state index < -0.39 is 6.04 Å². The van der Waals surface area contributed by atoms with Crippen molar-refractivity contribution in [1.82, 2.24) is 5.32 Å². The Hall–Kier alpha value is -0.910. The number of ether oxygens (including phenoxy) is 1. The molecular formula is C12H20N2O2S. The molecular weight excluding hydrogens is 236 g/mol. The van der Waals surface area contributed by atoms with Gasteiger partial charge >= 0.3 is 0 Å². The summed E-state index contributed by atoms with van der Waals surface area (Å²) in [5, 5.41) is 4.72. The predicted molar refractivity (Wildman–Crippen MR) is 70.0 cm³/mol. The Morgan fingerprint density at radius 2 is 2.35 bits per heavy atom. The standard InChI is InChI=1S/C12H20N2O2S/c1-4-16-12(2,3)8-14-11(15)10(13)9-6-5-7-17-9/h5-7,10H,4,8,13H2,1-3H3,(H,14,15). The van der Waals surface area contributed by atoms with Gasteiger partial charge in [0.25, 0.3) is 0 Å². The van der Waals surface area contributed by atoms with E-state index in [0.717, 1.165) is 4.88 Å². The van der Waals surface area contributed by atoms with Gasteiger partial charge in [0.1, 0.15) is 6.04 Å². The first kappa shape index (κ1) is 14.2. The molecule has 1 rings (SSSR count). The van der Waals surface area contributed by atoms with Crippen LogP contribution < -0.4 is 11.1 Å². The lowest BCUT2D eigenvalue weighted by molar-refractivity contribution is -0.124. The molecule has 3 N–H and O–H groups in total. The fourth-order valence-corrected chi connectivity index (χ4v) is 2.17. The second-order valence-corrected chi connectivity index (χ2v) is 5.38. The topological polar surface area (TPSA) is 64.3 Å². The van der Waals surface area contributed by atoms with Crippen LogP contribution in [0.4, 0.5) is 0 Å². The van der Waals surface area contributed by atoms with Gasteiger partial charge in [0, 0.05) is 18.0 Å². The average molecular weight is 256 g/mol. The zero-order valence-electron chi connectivity index (χ0n) is 10.5. The smallest absolute Gasteiger partial charge is 0.242 e. The SMILES string of the molecule is CCOC(C)(C)CNC(=O)C(N)c1cccs1. The highest BCUT2D eigenvalue weighted by Crippen LogP contribution is 2.17. The molecule has 5 heteroatoms. The van der Waals surface area contributed by atoms with Gasteiger partial charge in [0.05, 0.1) is 5.60 Å². The van der Waals surface area contributed by atoms with Crippen molar-refractivity contribution in [1.29, 1.82) is 0 Å². The van der Waals surface area contributed by atoms with E-state index in [4.69, 9.17) is 10.5 Å². The first-order valence-corrected chi connectivity index (χ1v) is 6.55. The zero-order valence-corrected chi connectivity index (χ0v) is 11.3. The van der Waals surface area contributed by atoms with Crippen LogP contribution in [-0.2, 0) is 9.53 Å². The molecule has 0 aliphatic carbocycles. The largest absolute Gasteiger partial charge is 0.374 e. The van der Waals surface area contributed by atoms with Crippen molar-refractivity contribution in [2.75, 3.05) is 13.2 Å². The molecule has 1 heterocycles. The van der Waals surface area contributed by atoms with Crippen molar-refractivity contribution in [3.05, 3.63) is 22.4 Å². The third kappa shape index (κ3) is 4.46. The highest BCUT2D eigenvalue weighted by atomic mass is 32.1. The van der Waals surface area contributed by atoms with Gasteiger partial charge < -0.3 is 15.8 Å². The van der Waals surface area contributed by atoms with E-state index in [0.29, 0.717) is 13.2 Å². The number of rotatable bonds is 6. The summed E-state index contributed by atoms with van der Waals surface area (Å²) < 4.78 is 5.50. The van der Waals surface area contributed by atoms with Crippen LogP contribution in [0.2, 0.25) is 0 Å². The highest BCUT2D eigenvalue weighted by molar-refractivity contribution is 7.10. The summed E-state index contributed by atoms with van der Waals surface area (Å²) >= 11 is 1.49. The number of nitrogens with one attached hydrogen (secondary N) is 1. The number of amides is 1. The van der Waals surface area contributed by atoms with Crippen LogP contribution in [0.3, 0.4) is 0 Å². The van der Waals surface area contributed by atoms with E-state index in [9.17, 15) is 4.79 Å². The Balaban J connectivity index is 2.45. The summed E-state index contributed by atoms with van der Waals surface area (Å²) in [4.78, 5) is 12.7. The number of hydrogen-bond acceptors (Lipinski definition) is 4. The first-order valence-electron chi connectivity index (χ1n) is 5.67. The van der Waals surface area contributed by atoms with Gasteiger partial charge in [-0.15, -0.1) is 11.3 Å². The normalized spacial score (nSPS) is 13.4. The lowest BCUT2D eigenvalue weighted by Crippen LogP contribution is -2.43. The molecule has 0 aliphatic heterocycles. The number of carbonyl (C=O) groups excluding carboxylic acids is 1. The molecule has 0 spiro atoms. The minimum Gasteiger partial charge on any atom is -0.374 e. The Labute approximate surface area is 106 Å². The molecule has 4 nitrogen and oxygen atoms in total. The van der Waals surface area contributed by atoms with Crippen LogP contribution in [0.1, 0.15) is 31.7 Å². The maximum Gasteiger partial charge on any atom is 0.242 e. The summed E-state index contributed by atoms with van der Waals surface area (Å²) in [5.41, 5.74) is 5.48. The third-order valence-corrected chi connectivity index (χ3v) is 3.31. The van der Waals surface area contributed by atoms with Gasteiger partial charge in [0.15, 0.2) is 0 Å². The van der Waals surface area contributed by atoms with Crippen LogP contribution in [0.25, 0.3) is 0 Å². The van der Waals surface area contributed by atoms with E-state index in [1.807, 2.05) is 38.3 Å². The summed E-state index contributed by atoms with van der Waals surface area (Å²) in [6, 6.07) is 3.16. The van der Waals surface area contributed by atoms with Crippen molar-refractivity contribution in [2.24, 2.45) is 5.73 Å². The monoisotopic (exact) mass is 256 g/mol. The van der Waals surface area contributed by atoms with Crippen LogP contribution in [-0.4, -0.2) is 24.7 Å². The number of nitrogens with two attached hydrogens (primary N) is 1. The third-order valence-electron chi connectivity index (χ3n) is 2.36. The molecule has 96 valence electrons. The first-order chi connectivity index (χ1) is 7.96. The Kier molecular flexibility index (Phi) is 5.11. The fraction of sp³-hybridized carbons (Fsp3) is 0.583. The van der Waals surface area contributed by atoms with Crippen molar-refractivity contribution in [2.45, 2.75) is 32.4 Å². The Bertz CT molecular complexity index is 349. The van der Waals surface area contributed by atoms with Gasteiger partial charge in [0.2, 0.25) is 5.91 Å². The Morgan fingerprint density at radius 1 is 1.65 bits per heavy atom. The summed E-state index contributed by atoms with van der Waals surface area (Å²) in [7, 11) is 0. The molecule has 17 heavy (non-hydrogen) atoms. The van der Waals surface area contributed by atoms with E-state index in [1.54, 1.807) is 0 Å². The summed E-state index contributed by atoms with van der Waals surface area (Å²) in [6.45, 7) is 6.89. The lowest BCUT2D eigenvalue weighted by Gasteiger charge is -2.25. The molecule has 0 bridgehead atoms. The maximum atomic E-state index is 11.8. The number of carbonyl (C=O) groups is 1. The van der Waals surface area contributed by atoms with Crippen LogP contribution in [0, 0.1) is 0 Å². The molecule has 0 radical (unpaired) electrons. The fourth-order valence-electron chi connectivity index (χ4n) is 1.45. The zero-order chi connectivity index (χ0) is 12.9. The second-order valence-electron chi connectivity index (χ2n) is 4.40. The van der Waals surface area contributed by atoms with E-state index in [1.165, 1.54) is 11.3 Å². The maximum absolute atomic E-state index is 11.8. The van der Waals surface area contributed by atoms with Crippen molar-refractivity contribution >= 4 is 17.2 Å². The predicted octanol–water partition coefficient (Wildman–Crippen LogP) is 1.68. The number of hydrogen-bond donors (Lipinski definition) is 2. The quantitative estimate of drug-likeness (QED) is 0.814. The molecule has 0 saturated carbocycles. The molecule has 1 unspecified atom stereocenters. The molecule has 1 aromatic rings. The molecule has 1 aromatic heterocycles. The summed E-state index contributed by atoms with van der Waals surface area (Å²) in [5.74, 6) is -0.166. The second kappa shape index (κ2) is 6.14. The van der Waals surface area contributed by atoms with Crippen LogP contribution >= 0.6 is 11.3 Å². The minimum absolute atomic E-state index is 0.166. The van der Waals surface area contributed by atoms with Gasteiger partial charge in [-0.2, -0.15) is 0 Å². The summed E-state index contributed by atoms with van der Waals surface area (Å²) in [6.07, 6.45) is 0. The molecule has 1 atom stereocenters. The molecule has 0 saturated heterocycles. The van der Waals surface area contributed by atoms with Crippen molar-refractivity contribution in [3.63, 3.8) is 0 Å². The lowest BCUT2D eigenvalue weighted by atomic mass is 10.1. The Morgan fingerprint density at radius 3 is 2.88 bits per heavy atom. The molecule has 0 aliphatic rings. The van der Waals surface area contributed by atoms with Crippen molar-refractivity contribution < 1.29 is 9.53 Å². The molecule has 0 fully saturated rings. The van der Waals surface area contributed by atoms with Gasteiger partial charge in [-0.1, -0.05) is 6.07 Å². The van der Waals surface area contributed by atoms with E-state index >= 15 is 0 Å². The van der Waals surface area contributed by atoms with Crippen LogP contribution in [0.5, 0.6) is 0 Å². The van der Waals surface area contributed by atoms with E-state index in [-0.39, 0.29) is 11.5 Å². The molecule has 1 amide bonds. The average Bonchev–Trinajstić information content (AvgIpc) is 2.78. The minimum atomic E-state index is -0.590. The van der Waals surface area contributed by atoms with Gasteiger partial charge in [-0.25, -0.2) is 0 Å². The van der Waals surface area contributed by atoms with Crippen molar-refractivity contribution in [3.8, 4) is 0 Å². The highest BCUT2D eigenvalue weighted by Gasteiger charge is 2.22.